The molecule has 0 spiro atoms. The van der Waals surface area contributed by atoms with Crippen molar-refractivity contribution in [1.82, 2.24) is 15.5 Å². The zero-order valence-corrected chi connectivity index (χ0v) is 13.2. The molecule has 2 atom stereocenters. The van der Waals surface area contributed by atoms with E-state index in [1.807, 2.05) is 20.8 Å². The molecule has 4 N–H and O–H groups in total. The van der Waals surface area contributed by atoms with Gasteiger partial charge >= 0.3 is 6.03 Å². The Morgan fingerprint density at radius 3 is 2.50 bits per heavy atom. The maximum Gasteiger partial charge on any atom is 0.315 e. The number of amides is 4. The number of nitrogens with one attached hydrogen (secondary N) is 2. The molecule has 0 bridgehead atoms. The second-order valence-electron chi connectivity index (χ2n) is 6.47. The minimum Gasteiger partial charge on any atom is -0.368 e. The summed E-state index contributed by atoms with van der Waals surface area (Å²) in [6.45, 7) is 5.64. The van der Waals surface area contributed by atoms with Crippen molar-refractivity contribution in [3.05, 3.63) is 0 Å². The Hall–Kier alpha value is -2.12. The van der Waals surface area contributed by atoms with Crippen molar-refractivity contribution >= 4 is 24.1 Å². The van der Waals surface area contributed by atoms with E-state index >= 15 is 0 Å². The van der Waals surface area contributed by atoms with Gasteiger partial charge in [-0.05, 0) is 18.3 Å². The minimum atomic E-state index is -0.805. The summed E-state index contributed by atoms with van der Waals surface area (Å²) < 4.78 is 0. The van der Waals surface area contributed by atoms with E-state index in [0.29, 0.717) is 13.0 Å². The van der Waals surface area contributed by atoms with Gasteiger partial charge in [0.15, 0.2) is 0 Å². The van der Waals surface area contributed by atoms with Crippen molar-refractivity contribution in [3.63, 3.8) is 0 Å². The Morgan fingerprint density at radius 1 is 1.36 bits per heavy atom. The fraction of sp³-hybridized carbons (Fsp3) is 0.714. The third-order valence-electron chi connectivity index (χ3n) is 3.55. The molecule has 1 fully saturated rings. The van der Waals surface area contributed by atoms with Crippen molar-refractivity contribution in [1.29, 1.82) is 0 Å². The second kappa shape index (κ2) is 7.24. The summed E-state index contributed by atoms with van der Waals surface area (Å²) in [6, 6.07) is -1.89. The number of carbonyl (C=O) groups excluding carboxylic acids is 4. The molecule has 1 rings (SSSR count). The monoisotopic (exact) mass is 312 g/mol. The predicted octanol–water partition coefficient (Wildman–Crippen LogP) is -0.624. The summed E-state index contributed by atoms with van der Waals surface area (Å²) in [5.41, 5.74) is 4.41. The van der Waals surface area contributed by atoms with Gasteiger partial charge in [0.05, 0.1) is 12.6 Å². The van der Waals surface area contributed by atoms with Crippen molar-refractivity contribution in [3.8, 4) is 0 Å². The lowest BCUT2D eigenvalue weighted by atomic mass is 9.85. The normalized spacial score (nSPS) is 19.4. The molecule has 8 nitrogen and oxygen atoms in total. The van der Waals surface area contributed by atoms with E-state index in [4.69, 9.17) is 5.73 Å². The molecule has 1 aliphatic rings. The van der Waals surface area contributed by atoms with Crippen LogP contribution in [0.15, 0.2) is 0 Å². The van der Waals surface area contributed by atoms with Gasteiger partial charge in [-0.1, -0.05) is 20.8 Å². The van der Waals surface area contributed by atoms with Crippen LogP contribution in [0, 0.1) is 5.41 Å². The molecule has 1 heterocycles. The summed E-state index contributed by atoms with van der Waals surface area (Å²) in [6.07, 6.45) is 2.16. The average molecular weight is 312 g/mol. The molecule has 8 heteroatoms. The SMILES string of the molecule is CC(C)(C)C(NC(=O)NCC(N)=O)C(=O)N1CCCC1C=O. The molecular weight excluding hydrogens is 288 g/mol. The Bertz CT molecular complexity index is 458. The first-order chi connectivity index (χ1) is 10.2. The maximum absolute atomic E-state index is 12.7. The zero-order chi connectivity index (χ0) is 16.9. The molecule has 0 saturated carbocycles. The number of nitrogens with two attached hydrogens (primary N) is 1. The van der Waals surface area contributed by atoms with Crippen molar-refractivity contribution in [2.45, 2.75) is 45.7 Å². The van der Waals surface area contributed by atoms with Gasteiger partial charge in [-0.2, -0.15) is 0 Å². The Labute approximate surface area is 129 Å². The number of aldehydes is 1. The van der Waals surface area contributed by atoms with Crippen molar-refractivity contribution in [2.24, 2.45) is 11.1 Å². The van der Waals surface area contributed by atoms with Gasteiger partial charge in [-0.3, -0.25) is 9.59 Å². The summed E-state index contributed by atoms with van der Waals surface area (Å²) >= 11 is 0. The molecule has 0 radical (unpaired) electrons. The molecule has 0 aromatic carbocycles. The first-order valence-electron chi connectivity index (χ1n) is 7.25. The number of carbonyl (C=O) groups is 4. The van der Waals surface area contributed by atoms with Crippen LogP contribution >= 0.6 is 0 Å². The molecule has 22 heavy (non-hydrogen) atoms. The van der Waals surface area contributed by atoms with E-state index in [9.17, 15) is 19.2 Å². The van der Waals surface area contributed by atoms with Crippen LogP contribution in [0.3, 0.4) is 0 Å². The van der Waals surface area contributed by atoms with Gasteiger partial charge in [0.2, 0.25) is 11.8 Å². The number of likely N-dealkylation sites (tertiary alicyclic amines) is 1. The minimum absolute atomic E-state index is 0.295. The van der Waals surface area contributed by atoms with Gasteiger partial charge in [0, 0.05) is 6.54 Å². The predicted molar refractivity (Wildman–Crippen MR) is 79.8 cm³/mol. The second-order valence-corrected chi connectivity index (χ2v) is 6.47. The largest absolute Gasteiger partial charge is 0.368 e. The molecular formula is C14H24N4O4. The van der Waals surface area contributed by atoms with Gasteiger partial charge in [0.1, 0.15) is 12.3 Å². The number of rotatable bonds is 5. The van der Waals surface area contributed by atoms with Crippen LogP contribution in [-0.2, 0) is 14.4 Å². The van der Waals surface area contributed by atoms with Crippen LogP contribution in [0.4, 0.5) is 4.79 Å². The molecule has 1 saturated heterocycles. The number of urea groups is 1. The van der Waals surface area contributed by atoms with Gasteiger partial charge in [-0.15, -0.1) is 0 Å². The van der Waals surface area contributed by atoms with E-state index < -0.39 is 29.4 Å². The third kappa shape index (κ3) is 4.71. The van der Waals surface area contributed by atoms with Crippen LogP contribution in [0.5, 0.6) is 0 Å². The maximum atomic E-state index is 12.7. The van der Waals surface area contributed by atoms with Crippen molar-refractivity contribution < 1.29 is 19.2 Å². The standard InChI is InChI=1S/C14H24N4O4/c1-14(2,3)11(17-13(22)16-7-10(15)20)12(21)18-6-4-5-9(18)8-19/h8-9,11H,4-7H2,1-3H3,(H2,15,20)(H2,16,17,22). The molecule has 0 aliphatic carbocycles. The molecule has 1 aliphatic heterocycles. The van der Waals surface area contributed by atoms with E-state index in [2.05, 4.69) is 10.6 Å². The van der Waals surface area contributed by atoms with Crippen LogP contribution in [0.2, 0.25) is 0 Å². The van der Waals surface area contributed by atoms with Gasteiger partial charge < -0.3 is 26.1 Å². The average Bonchev–Trinajstić information content (AvgIpc) is 2.88. The third-order valence-corrected chi connectivity index (χ3v) is 3.55. The van der Waals surface area contributed by atoms with Gasteiger partial charge in [-0.25, -0.2) is 4.79 Å². The molecule has 4 amide bonds. The number of hydrogen-bond donors (Lipinski definition) is 3. The summed E-state index contributed by atoms with van der Waals surface area (Å²) in [5, 5.41) is 4.86. The highest BCUT2D eigenvalue weighted by molar-refractivity contribution is 5.90. The van der Waals surface area contributed by atoms with E-state index in [1.165, 1.54) is 4.90 Å². The van der Waals surface area contributed by atoms with Crippen LogP contribution in [-0.4, -0.2) is 54.2 Å². The zero-order valence-electron chi connectivity index (χ0n) is 13.2. The van der Waals surface area contributed by atoms with E-state index in [1.54, 1.807) is 0 Å². The fourth-order valence-electron chi connectivity index (χ4n) is 2.37. The van der Waals surface area contributed by atoms with Crippen molar-refractivity contribution in [2.75, 3.05) is 13.1 Å². The lowest BCUT2D eigenvalue weighted by Gasteiger charge is -2.34. The quantitative estimate of drug-likeness (QED) is 0.585. The highest BCUT2D eigenvalue weighted by Crippen LogP contribution is 2.25. The number of primary amides is 1. The molecule has 124 valence electrons. The summed E-state index contributed by atoms with van der Waals surface area (Å²) in [5.74, 6) is -0.967. The topological polar surface area (TPSA) is 122 Å². The van der Waals surface area contributed by atoms with E-state index in [0.717, 1.165) is 12.7 Å². The van der Waals surface area contributed by atoms with Crippen LogP contribution in [0.25, 0.3) is 0 Å². The van der Waals surface area contributed by atoms with Crippen LogP contribution < -0.4 is 16.4 Å². The fourth-order valence-corrected chi connectivity index (χ4v) is 2.37. The lowest BCUT2D eigenvalue weighted by molar-refractivity contribution is -0.138. The van der Waals surface area contributed by atoms with E-state index in [-0.39, 0.29) is 12.5 Å². The lowest BCUT2D eigenvalue weighted by Crippen LogP contribution is -2.58. The summed E-state index contributed by atoms with van der Waals surface area (Å²) in [4.78, 5) is 47.7. The number of nitrogens with zero attached hydrogens (tertiary/aromatic N) is 1. The first-order valence-corrected chi connectivity index (χ1v) is 7.25. The smallest absolute Gasteiger partial charge is 0.315 e. The Balaban J connectivity index is 2.80. The number of hydrogen-bond acceptors (Lipinski definition) is 4. The molecule has 0 aromatic heterocycles. The molecule has 2 unspecified atom stereocenters. The van der Waals surface area contributed by atoms with Crippen LogP contribution in [0.1, 0.15) is 33.6 Å². The Morgan fingerprint density at radius 2 is 2.00 bits per heavy atom. The highest BCUT2D eigenvalue weighted by atomic mass is 16.2. The highest BCUT2D eigenvalue weighted by Gasteiger charge is 2.39. The first kappa shape index (κ1) is 17.9. The van der Waals surface area contributed by atoms with Gasteiger partial charge in [0.25, 0.3) is 0 Å². The summed E-state index contributed by atoms with van der Waals surface area (Å²) in [7, 11) is 0. The Kier molecular flexibility index (Phi) is 5.90. The molecule has 0 aromatic rings.